The standard InChI is InChI=1S/C68H98N4O24/c73-53(15-7-1-5-13-47(65(89)90)37-55(75)39-49(67(93)94)23-29-61(81)82)17-9-3-11-31-69-59(79)27-21-45-19-25-57(77)51(35-45)41-71(43-63(85)86)33-34-72(44-64(87)88)42-52-36-46(20-26-58(52)78)22-28-60(80)70-32-12-4-10-18-54(74)16-8-2-6-14-48(66(91)92)38-56(76)40-50(68(95)96)24-30-62(83)84/h19-20,25-26,35-36,47-50,77-78H,1-18,21-24,27-34,37-44H2,(H,69,79)(H,70,80)(H,81,82)(H,83,84)(H,85,86)(H,87,88)(H,89,90)(H,91,92)(H,93,94)(H,95,96)/t47-,48-,49-,50-/m1/s1. The van der Waals surface area contributed by atoms with E-state index in [1.165, 1.54) is 21.9 Å². The lowest BCUT2D eigenvalue weighted by atomic mass is 9.90. The number of aryl methyl sites for hydroxylation is 2. The van der Waals surface area contributed by atoms with Gasteiger partial charge in [-0.05, 0) is 100 Å². The van der Waals surface area contributed by atoms with E-state index in [-0.39, 0.29) is 112 Å². The van der Waals surface area contributed by atoms with Gasteiger partial charge >= 0.3 is 47.8 Å². The van der Waals surface area contributed by atoms with Crippen LogP contribution in [0.3, 0.4) is 0 Å². The molecule has 0 saturated carbocycles. The highest BCUT2D eigenvalue weighted by Gasteiger charge is 2.29. The number of nitrogens with zero attached hydrogens (tertiary/aromatic N) is 2. The predicted octanol–water partition coefficient (Wildman–Crippen LogP) is 7.06. The molecule has 2 aromatic carbocycles. The molecule has 0 aliphatic heterocycles. The zero-order chi connectivity index (χ0) is 71.5. The van der Waals surface area contributed by atoms with E-state index in [1.807, 2.05) is 0 Å². The molecule has 96 heavy (non-hydrogen) atoms. The lowest BCUT2D eigenvalue weighted by Crippen LogP contribution is -2.39. The smallest absolute Gasteiger partial charge is 0.317 e. The quantitative estimate of drug-likeness (QED) is 0.0295. The van der Waals surface area contributed by atoms with Crippen molar-refractivity contribution in [1.82, 2.24) is 20.4 Å². The van der Waals surface area contributed by atoms with Crippen molar-refractivity contribution < 1.29 is 118 Å². The van der Waals surface area contributed by atoms with Crippen LogP contribution >= 0.6 is 0 Å². The molecule has 2 aromatic rings. The summed E-state index contributed by atoms with van der Waals surface area (Å²) in [6.45, 7) is -0.174. The molecule has 0 heterocycles. The summed E-state index contributed by atoms with van der Waals surface area (Å²) in [4.78, 5) is 170. The summed E-state index contributed by atoms with van der Waals surface area (Å²) in [5.74, 6) is -16.0. The number of hydrogen-bond donors (Lipinski definition) is 12. The highest BCUT2D eigenvalue weighted by molar-refractivity contribution is 5.88. The summed E-state index contributed by atoms with van der Waals surface area (Å²) in [5, 5.41) is 102. The van der Waals surface area contributed by atoms with E-state index in [0.717, 1.165) is 0 Å². The van der Waals surface area contributed by atoms with Crippen LogP contribution in [0.5, 0.6) is 11.5 Å². The number of hydrogen-bond acceptors (Lipinski definition) is 18. The maximum Gasteiger partial charge on any atom is 0.317 e. The van der Waals surface area contributed by atoms with E-state index < -0.39 is 122 Å². The van der Waals surface area contributed by atoms with Crippen molar-refractivity contribution in [3.8, 4) is 11.5 Å². The number of Topliss-reactive ketones (excluding diaryl/α,β-unsaturated/α-hetero) is 4. The number of rotatable bonds is 59. The zero-order valence-electron chi connectivity index (χ0n) is 54.7. The Labute approximate surface area is 558 Å². The van der Waals surface area contributed by atoms with Crippen LogP contribution in [-0.2, 0) is 93.1 Å². The van der Waals surface area contributed by atoms with E-state index in [4.69, 9.17) is 10.2 Å². The van der Waals surface area contributed by atoms with Crippen LogP contribution in [0.2, 0.25) is 0 Å². The van der Waals surface area contributed by atoms with Crippen LogP contribution < -0.4 is 10.6 Å². The fraction of sp³-hybridized carbons (Fsp3) is 0.618. The van der Waals surface area contributed by atoms with Crippen molar-refractivity contribution in [1.29, 1.82) is 0 Å². The zero-order valence-corrected chi connectivity index (χ0v) is 54.7. The lowest BCUT2D eigenvalue weighted by Gasteiger charge is -2.26. The fourth-order valence-electron chi connectivity index (χ4n) is 11.0. The average Bonchev–Trinajstić information content (AvgIpc) is 0.925. The second-order valence-corrected chi connectivity index (χ2v) is 24.6. The normalized spacial score (nSPS) is 12.5. The summed E-state index contributed by atoms with van der Waals surface area (Å²) >= 11 is 0. The van der Waals surface area contributed by atoms with Gasteiger partial charge in [-0.25, -0.2) is 0 Å². The maximum absolute atomic E-state index is 12.8. The number of carbonyl (C=O) groups excluding carboxylic acids is 6. The predicted molar refractivity (Wildman–Crippen MR) is 345 cm³/mol. The molecule has 0 bridgehead atoms. The Morgan fingerprint density at radius 1 is 0.344 bits per heavy atom. The number of carboxylic acids is 8. The van der Waals surface area contributed by atoms with Gasteiger partial charge in [0, 0.05) is 127 Å². The second-order valence-electron chi connectivity index (χ2n) is 24.6. The first-order chi connectivity index (χ1) is 45.5. The van der Waals surface area contributed by atoms with E-state index in [2.05, 4.69) is 10.6 Å². The van der Waals surface area contributed by atoms with Crippen LogP contribution in [0.4, 0.5) is 0 Å². The summed E-state index contributed by atoms with van der Waals surface area (Å²) in [5.41, 5.74) is 2.15. The van der Waals surface area contributed by atoms with Gasteiger partial charge in [0.15, 0.2) is 0 Å². The number of ketones is 4. The van der Waals surface area contributed by atoms with Gasteiger partial charge in [-0.1, -0.05) is 62.8 Å². The Hall–Kier alpha value is -8.66. The molecule has 0 saturated heterocycles. The molecule has 2 amide bonds. The molecule has 0 spiro atoms. The van der Waals surface area contributed by atoms with Gasteiger partial charge in [0.1, 0.15) is 34.6 Å². The van der Waals surface area contributed by atoms with Crippen LogP contribution in [0.25, 0.3) is 0 Å². The lowest BCUT2D eigenvalue weighted by molar-refractivity contribution is -0.147. The number of carboxylic acid groups (broad SMARTS) is 8. The molecular formula is C68H98N4O24. The number of aromatic hydroxyl groups is 2. The molecule has 0 aliphatic rings. The molecular weight excluding hydrogens is 1260 g/mol. The van der Waals surface area contributed by atoms with Gasteiger partial charge in [-0.2, -0.15) is 0 Å². The number of aliphatic carboxylic acids is 8. The van der Waals surface area contributed by atoms with E-state index in [0.29, 0.717) is 151 Å². The van der Waals surface area contributed by atoms with E-state index >= 15 is 0 Å². The number of carbonyl (C=O) groups is 14. The Morgan fingerprint density at radius 2 is 0.656 bits per heavy atom. The third-order valence-corrected chi connectivity index (χ3v) is 16.4. The molecule has 0 unspecified atom stereocenters. The van der Waals surface area contributed by atoms with Gasteiger partial charge in [-0.3, -0.25) is 76.9 Å². The highest BCUT2D eigenvalue weighted by atomic mass is 16.4. The minimum Gasteiger partial charge on any atom is -0.508 e. The minimum atomic E-state index is -1.32. The van der Waals surface area contributed by atoms with Crippen LogP contribution in [0.1, 0.15) is 202 Å². The number of phenols is 2. The van der Waals surface area contributed by atoms with E-state index in [1.54, 1.807) is 24.3 Å². The van der Waals surface area contributed by atoms with E-state index in [9.17, 15) is 108 Å². The molecule has 28 nitrogen and oxygen atoms in total. The Bertz CT molecular complexity index is 2720. The molecule has 28 heteroatoms. The molecule has 0 fully saturated rings. The number of nitrogens with one attached hydrogen (secondary N) is 2. The number of phenolic OH excluding ortho intramolecular Hbond substituents is 2. The highest BCUT2D eigenvalue weighted by Crippen LogP contribution is 2.26. The molecule has 0 radical (unpaired) electrons. The first-order valence-corrected chi connectivity index (χ1v) is 33.0. The maximum atomic E-state index is 12.8. The Kier molecular flexibility index (Phi) is 41.1. The fourth-order valence-corrected chi connectivity index (χ4v) is 11.0. The third-order valence-electron chi connectivity index (χ3n) is 16.4. The van der Waals surface area contributed by atoms with Crippen LogP contribution in [-0.4, -0.2) is 183 Å². The summed E-state index contributed by atoms with van der Waals surface area (Å²) in [6.07, 6.45) is 6.33. The van der Waals surface area contributed by atoms with Crippen molar-refractivity contribution in [3.63, 3.8) is 0 Å². The first kappa shape index (κ1) is 83.4. The van der Waals surface area contributed by atoms with Crippen LogP contribution in [0, 0.1) is 23.7 Å². The minimum absolute atomic E-state index is 0.0383. The first-order valence-electron chi connectivity index (χ1n) is 33.0. The Morgan fingerprint density at radius 3 is 0.958 bits per heavy atom. The van der Waals surface area contributed by atoms with Gasteiger partial charge in [0.05, 0.1) is 36.8 Å². The second kappa shape index (κ2) is 47.3. The molecule has 534 valence electrons. The molecule has 0 aliphatic carbocycles. The molecule has 2 rings (SSSR count). The largest absolute Gasteiger partial charge is 0.508 e. The molecule has 0 aromatic heterocycles. The molecule has 12 N–H and O–H groups in total. The third kappa shape index (κ3) is 39.3. The summed E-state index contributed by atoms with van der Waals surface area (Å²) in [6, 6.07) is 9.52. The average molecular weight is 1360 g/mol. The van der Waals surface area contributed by atoms with Crippen molar-refractivity contribution in [2.45, 2.75) is 206 Å². The number of amides is 2. The number of benzene rings is 2. The van der Waals surface area contributed by atoms with Crippen molar-refractivity contribution >= 4 is 82.7 Å². The SMILES string of the molecule is O=C(O)CC[C@H](CC(=O)C[C@@H](CCCCCC(=O)CCCCCNC(=O)CCc1ccc(O)c(CN(CCN(CC(=O)O)Cc2cc(CCC(=O)NCCCCCC(=O)CCCCC[C@H](CC(=O)C[C@@H](CCC(=O)O)C(=O)O)C(=O)O)ccc2O)CC(=O)O)c1)C(=O)O)C(=O)O. The van der Waals surface area contributed by atoms with Crippen molar-refractivity contribution in [2.75, 3.05) is 39.3 Å². The Balaban J connectivity index is 1.74. The monoisotopic (exact) mass is 1350 g/mol. The summed E-state index contributed by atoms with van der Waals surface area (Å²) < 4.78 is 0. The van der Waals surface area contributed by atoms with Gasteiger partial charge < -0.3 is 61.7 Å². The van der Waals surface area contributed by atoms with Crippen molar-refractivity contribution in [2.24, 2.45) is 23.7 Å². The van der Waals surface area contributed by atoms with Gasteiger partial charge in [0.25, 0.3) is 0 Å². The summed E-state index contributed by atoms with van der Waals surface area (Å²) in [7, 11) is 0. The van der Waals surface area contributed by atoms with Crippen LogP contribution in [0.15, 0.2) is 36.4 Å². The van der Waals surface area contributed by atoms with Crippen molar-refractivity contribution in [3.05, 3.63) is 58.7 Å². The molecule has 4 atom stereocenters. The topological polar surface area (TPSA) is 472 Å². The van der Waals surface area contributed by atoms with Gasteiger partial charge in [-0.15, -0.1) is 0 Å². The van der Waals surface area contributed by atoms with Gasteiger partial charge in [0.2, 0.25) is 11.8 Å². The number of unbranched alkanes of at least 4 members (excludes halogenated alkanes) is 8.